The van der Waals surface area contributed by atoms with E-state index in [0.29, 0.717) is 30.9 Å². The molecule has 1 aliphatic heterocycles. The van der Waals surface area contributed by atoms with E-state index in [2.05, 4.69) is 20.6 Å². The maximum atomic E-state index is 5.37. The van der Waals surface area contributed by atoms with Crippen molar-refractivity contribution in [3.05, 3.63) is 6.07 Å². The third-order valence-corrected chi connectivity index (χ3v) is 2.60. The predicted molar refractivity (Wildman–Crippen MR) is 66.2 cm³/mol. The first-order valence-electron chi connectivity index (χ1n) is 5.84. The Labute approximate surface area is 106 Å². The standard InChI is InChI=1S/C11H18N4O3/c1-16-9-5-10(17-2)15-11(14-9)13-6-8-7-18-4-3-12-8/h5,8,12H,3-4,6-7H2,1-2H3,(H,13,14,15). The van der Waals surface area contributed by atoms with Crippen molar-refractivity contribution < 1.29 is 14.2 Å². The number of nitrogens with zero attached hydrogens (tertiary/aromatic N) is 2. The predicted octanol–water partition coefficient (Wildman–Crippen LogP) is -0.106. The van der Waals surface area contributed by atoms with Gasteiger partial charge in [-0.05, 0) is 0 Å². The molecule has 1 aromatic heterocycles. The van der Waals surface area contributed by atoms with Crippen molar-refractivity contribution in [1.82, 2.24) is 15.3 Å². The van der Waals surface area contributed by atoms with Crippen LogP contribution in [0.15, 0.2) is 6.07 Å². The summed E-state index contributed by atoms with van der Waals surface area (Å²) in [7, 11) is 3.12. The van der Waals surface area contributed by atoms with Gasteiger partial charge in [0, 0.05) is 19.1 Å². The van der Waals surface area contributed by atoms with Gasteiger partial charge in [0.05, 0.1) is 33.5 Å². The topological polar surface area (TPSA) is 77.5 Å². The van der Waals surface area contributed by atoms with Crippen LogP contribution < -0.4 is 20.1 Å². The lowest BCUT2D eigenvalue weighted by atomic mass is 10.3. The van der Waals surface area contributed by atoms with Gasteiger partial charge in [-0.15, -0.1) is 0 Å². The second-order valence-electron chi connectivity index (χ2n) is 3.88. The van der Waals surface area contributed by atoms with Crippen LogP contribution in [0.25, 0.3) is 0 Å². The second-order valence-corrected chi connectivity index (χ2v) is 3.88. The van der Waals surface area contributed by atoms with E-state index in [1.54, 1.807) is 20.3 Å². The largest absolute Gasteiger partial charge is 0.481 e. The van der Waals surface area contributed by atoms with Crippen molar-refractivity contribution in [2.45, 2.75) is 6.04 Å². The zero-order chi connectivity index (χ0) is 12.8. The van der Waals surface area contributed by atoms with Crippen molar-refractivity contribution in [3.63, 3.8) is 0 Å². The van der Waals surface area contributed by atoms with E-state index in [1.165, 1.54) is 0 Å². The van der Waals surface area contributed by atoms with Crippen LogP contribution in [0.1, 0.15) is 0 Å². The number of morpholine rings is 1. The number of anilines is 1. The van der Waals surface area contributed by atoms with Crippen LogP contribution in [0.5, 0.6) is 11.8 Å². The number of nitrogens with one attached hydrogen (secondary N) is 2. The summed E-state index contributed by atoms with van der Waals surface area (Å²) >= 11 is 0. The number of rotatable bonds is 5. The molecule has 2 rings (SSSR count). The van der Waals surface area contributed by atoms with Crippen LogP contribution in [-0.2, 0) is 4.74 Å². The lowest BCUT2D eigenvalue weighted by Crippen LogP contribution is -2.45. The van der Waals surface area contributed by atoms with Gasteiger partial charge in [0.1, 0.15) is 0 Å². The highest BCUT2D eigenvalue weighted by Gasteiger charge is 2.13. The Morgan fingerprint density at radius 1 is 1.39 bits per heavy atom. The number of ether oxygens (including phenoxy) is 3. The Morgan fingerprint density at radius 3 is 2.67 bits per heavy atom. The van der Waals surface area contributed by atoms with Gasteiger partial charge < -0.3 is 24.8 Å². The minimum absolute atomic E-state index is 0.263. The fourth-order valence-corrected chi connectivity index (χ4v) is 1.66. The lowest BCUT2D eigenvalue weighted by molar-refractivity contribution is 0.0806. The lowest BCUT2D eigenvalue weighted by Gasteiger charge is -2.23. The van der Waals surface area contributed by atoms with E-state index >= 15 is 0 Å². The summed E-state index contributed by atoms with van der Waals surface area (Å²) < 4.78 is 15.5. The first kappa shape index (κ1) is 12.8. The molecule has 0 radical (unpaired) electrons. The average molecular weight is 254 g/mol. The third kappa shape index (κ3) is 3.44. The molecule has 0 aromatic carbocycles. The highest BCUT2D eigenvalue weighted by molar-refractivity contribution is 5.33. The van der Waals surface area contributed by atoms with E-state index in [-0.39, 0.29) is 6.04 Å². The van der Waals surface area contributed by atoms with Gasteiger partial charge in [0.2, 0.25) is 17.7 Å². The van der Waals surface area contributed by atoms with Crippen molar-refractivity contribution in [1.29, 1.82) is 0 Å². The summed E-state index contributed by atoms with van der Waals surface area (Å²) in [5.74, 6) is 1.42. The summed E-state index contributed by atoms with van der Waals surface area (Å²) in [4.78, 5) is 8.38. The molecule has 1 aliphatic rings. The smallest absolute Gasteiger partial charge is 0.229 e. The SMILES string of the molecule is COc1cc(OC)nc(NCC2COCCN2)n1. The van der Waals surface area contributed by atoms with Crippen LogP contribution >= 0.6 is 0 Å². The molecule has 1 saturated heterocycles. The monoisotopic (exact) mass is 254 g/mol. The minimum Gasteiger partial charge on any atom is -0.481 e. The normalized spacial score (nSPS) is 19.3. The van der Waals surface area contributed by atoms with E-state index in [1.807, 2.05) is 0 Å². The van der Waals surface area contributed by atoms with Crippen LogP contribution in [0.3, 0.4) is 0 Å². The Morgan fingerprint density at radius 2 is 2.11 bits per heavy atom. The molecule has 100 valence electrons. The summed E-state index contributed by atoms with van der Waals surface area (Å²) in [5, 5.41) is 6.48. The van der Waals surface area contributed by atoms with Gasteiger partial charge in [-0.2, -0.15) is 9.97 Å². The van der Waals surface area contributed by atoms with Crippen molar-refractivity contribution in [3.8, 4) is 11.8 Å². The zero-order valence-corrected chi connectivity index (χ0v) is 10.6. The van der Waals surface area contributed by atoms with Crippen molar-refractivity contribution in [2.24, 2.45) is 0 Å². The van der Waals surface area contributed by atoms with E-state index < -0.39 is 0 Å². The van der Waals surface area contributed by atoms with Gasteiger partial charge in [0.25, 0.3) is 0 Å². The fourth-order valence-electron chi connectivity index (χ4n) is 1.66. The summed E-state index contributed by atoms with van der Waals surface area (Å²) in [6, 6.07) is 1.90. The van der Waals surface area contributed by atoms with Crippen LogP contribution in [0, 0.1) is 0 Å². The Hall–Kier alpha value is -1.60. The Bertz CT molecular complexity index is 360. The summed E-state index contributed by atoms with van der Waals surface area (Å²) in [5.41, 5.74) is 0. The van der Waals surface area contributed by atoms with Gasteiger partial charge in [-0.25, -0.2) is 0 Å². The first-order chi connectivity index (χ1) is 8.81. The molecule has 0 aliphatic carbocycles. The molecule has 1 fully saturated rings. The number of hydrogen-bond acceptors (Lipinski definition) is 7. The minimum atomic E-state index is 0.263. The van der Waals surface area contributed by atoms with Crippen molar-refractivity contribution >= 4 is 5.95 Å². The third-order valence-electron chi connectivity index (χ3n) is 2.60. The molecule has 1 aromatic rings. The Balaban J connectivity index is 1.94. The van der Waals surface area contributed by atoms with Gasteiger partial charge in [0.15, 0.2) is 0 Å². The molecule has 0 spiro atoms. The molecule has 2 N–H and O–H groups in total. The van der Waals surface area contributed by atoms with E-state index in [4.69, 9.17) is 14.2 Å². The second kappa shape index (κ2) is 6.36. The van der Waals surface area contributed by atoms with Crippen LogP contribution in [0.2, 0.25) is 0 Å². The molecular weight excluding hydrogens is 236 g/mol. The Kier molecular flexibility index (Phi) is 4.54. The first-order valence-corrected chi connectivity index (χ1v) is 5.84. The number of methoxy groups -OCH3 is 2. The maximum Gasteiger partial charge on any atom is 0.229 e. The zero-order valence-electron chi connectivity index (χ0n) is 10.6. The average Bonchev–Trinajstić information content (AvgIpc) is 2.45. The van der Waals surface area contributed by atoms with Crippen LogP contribution in [-0.4, -0.2) is 56.5 Å². The molecule has 1 atom stereocenters. The van der Waals surface area contributed by atoms with E-state index in [9.17, 15) is 0 Å². The van der Waals surface area contributed by atoms with E-state index in [0.717, 1.165) is 13.2 Å². The number of aromatic nitrogens is 2. The molecule has 0 amide bonds. The highest BCUT2D eigenvalue weighted by Crippen LogP contribution is 2.17. The molecule has 7 heteroatoms. The molecule has 2 heterocycles. The van der Waals surface area contributed by atoms with Gasteiger partial charge >= 0.3 is 0 Å². The summed E-state index contributed by atoms with van der Waals surface area (Å²) in [6.07, 6.45) is 0. The highest BCUT2D eigenvalue weighted by atomic mass is 16.5. The molecular formula is C11H18N4O3. The molecule has 0 bridgehead atoms. The molecule has 18 heavy (non-hydrogen) atoms. The number of hydrogen-bond donors (Lipinski definition) is 2. The quantitative estimate of drug-likeness (QED) is 0.759. The maximum absolute atomic E-state index is 5.37. The van der Waals surface area contributed by atoms with Gasteiger partial charge in [-0.1, -0.05) is 0 Å². The fraction of sp³-hybridized carbons (Fsp3) is 0.636. The molecule has 0 saturated carbocycles. The van der Waals surface area contributed by atoms with Gasteiger partial charge in [-0.3, -0.25) is 0 Å². The molecule has 1 unspecified atom stereocenters. The van der Waals surface area contributed by atoms with Crippen LogP contribution in [0.4, 0.5) is 5.95 Å². The van der Waals surface area contributed by atoms with Crippen molar-refractivity contribution in [2.75, 3.05) is 45.8 Å². The molecule has 7 nitrogen and oxygen atoms in total. The summed E-state index contributed by atoms with van der Waals surface area (Å²) in [6.45, 7) is 3.01.